The molecule has 0 aliphatic heterocycles. The third kappa shape index (κ3) is 9.39. The Balaban J connectivity index is 0. The zero-order valence-electron chi connectivity index (χ0n) is 7.61. The maximum atomic E-state index is 8.65. The summed E-state index contributed by atoms with van der Waals surface area (Å²) in [6, 6.07) is 0.343. The van der Waals surface area contributed by atoms with Gasteiger partial charge in [0.05, 0.1) is 27.7 Å². The molecular weight excluding hydrogens is 146 g/mol. The molecule has 0 aromatic heterocycles. The van der Waals surface area contributed by atoms with Gasteiger partial charge in [-0.05, 0) is 6.92 Å². The van der Waals surface area contributed by atoms with E-state index in [1.165, 1.54) is 0 Å². The predicted octanol–water partition coefficient (Wildman–Crippen LogP) is -0.226. The van der Waals surface area contributed by atoms with Crippen LogP contribution in [-0.4, -0.2) is 55.0 Å². The van der Waals surface area contributed by atoms with Crippen molar-refractivity contribution in [2.75, 3.05) is 27.7 Å². The number of quaternary nitrogens is 1. The second-order valence-electron chi connectivity index (χ2n) is 3.25. The average Bonchev–Trinajstić information content (AvgIpc) is 1.86. The molecule has 0 rings (SSSR count). The molecule has 0 amide bonds. The summed E-state index contributed by atoms with van der Waals surface area (Å²) in [6.07, 6.45) is 0. The van der Waals surface area contributed by atoms with Crippen LogP contribution in [0.25, 0.3) is 0 Å². The lowest BCUT2D eigenvalue weighted by Gasteiger charge is -2.29. The Morgan fingerprint density at radius 3 is 1.73 bits per heavy atom. The molecule has 1 unspecified atom stereocenters. The number of hydrogen-bond donors (Lipinski definition) is 2. The maximum absolute atomic E-state index is 8.65. The van der Waals surface area contributed by atoms with Gasteiger partial charge >= 0.3 is 0 Å². The maximum Gasteiger partial charge on any atom is 0.290 e. The number of aliphatic hydroxyl groups is 1. The number of likely N-dealkylation sites (N-methyl/N-ethyl adjacent to an activating group) is 1. The highest BCUT2D eigenvalue weighted by Gasteiger charge is 2.15. The Hall–Kier alpha value is -0.610. The molecule has 0 heterocycles. The standard InChI is InChI=1S/C6H16NO.CH2O2/c1-6(5-8)7(2,3)4;2-1-3/h6,8H,5H2,1-4H3;1H,(H,2,3)/q+1;. The van der Waals surface area contributed by atoms with E-state index in [-0.39, 0.29) is 13.1 Å². The van der Waals surface area contributed by atoms with E-state index in [2.05, 4.69) is 21.1 Å². The Kier molecular flexibility index (Phi) is 7.24. The van der Waals surface area contributed by atoms with Crippen molar-refractivity contribution < 1.29 is 19.5 Å². The lowest BCUT2D eigenvalue weighted by atomic mass is 10.3. The highest BCUT2D eigenvalue weighted by atomic mass is 16.3. The minimum absolute atomic E-state index is 0.250. The normalized spacial score (nSPS) is 12.8. The van der Waals surface area contributed by atoms with Gasteiger partial charge in [0.25, 0.3) is 6.47 Å². The van der Waals surface area contributed by atoms with Crippen molar-refractivity contribution in [2.24, 2.45) is 0 Å². The lowest BCUT2D eigenvalue weighted by Crippen LogP contribution is -2.45. The molecule has 0 fully saturated rings. The fourth-order valence-electron chi connectivity index (χ4n) is 0.245. The van der Waals surface area contributed by atoms with E-state index < -0.39 is 0 Å². The van der Waals surface area contributed by atoms with Gasteiger partial charge in [-0.2, -0.15) is 0 Å². The Labute approximate surface area is 67.7 Å². The van der Waals surface area contributed by atoms with Crippen LogP contribution in [0.4, 0.5) is 0 Å². The summed E-state index contributed by atoms with van der Waals surface area (Å²) in [6.45, 7) is 2.05. The van der Waals surface area contributed by atoms with E-state index in [9.17, 15) is 0 Å². The smallest absolute Gasteiger partial charge is 0.290 e. The summed E-state index contributed by atoms with van der Waals surface area (Å²) >= 11 is 0. The molecule has 0 saturated carbocycles. The second-order valence-corrected chi connectivity index (χ2v) is 3.25. The molecule has 0 aliphatic rings. The number of nitrogens with zero attached hydrogens (tertiary/aromatic N) is 1. The van der Waals surface area contributed by atoms with Crippen molar-refractivity contribution in [3.8, 4) is 0 Å². The van der Waals surface area contributed by atoms with E-state index in [1.807, 2.05) is 6.92 Å². The second kappa shape index (κ2) is 6.12. The van der Waals surface area contributed by atoms with Crippen LogP contribution >= 0.6 is 0 Å². The lowest BCUT2D eigenvalue weighted by molar-refractivity contribution is -0.894. The quantitative estimate of drug-likeness (QED) is 0.438. The Morgan fingerprint density at radius 1 is 1.45 bits per heavy atom. The molecular formula is C7H18NO3+. The van der Waals surface area contributed by atoms with Crippen LogP contribution in [0.15, 0.2) is 0 Å². The molecule has 0 aromatic carbocycles. The summed E-state index contributed by atoms with van der Waals surface area (Å²) in [5.74, 6) is 0. The van der Waals surface area contributed by atoms with E-state index in [0.717, 1.165) is 4.48 Å². The van der Waals surface area contributed by atoms with Crippen LogP contribution in [0.5, 0.6) is 0 Å². The third-order valence-corrected chi connectivity index (χ3v) is 1.59. The average molecular weight is 164 g/mol. The molecule has 0 aromatic rings. The van der Waals surface area contributed by atoms with Gasteiger partial charge in [-0.1, -0.05) is 0 Å². The van der Waals surface area contributed by atoms with E-state index in [1.54, 1.807) is 0 Å². The minimum Gasteiger partial charge on any atom is -0.483 e. The minimum atomic E-state index is -0.250. The molecule has 0 spiro atoms. The molecule has 4 nitrogen and oxygen atoms in total. The van der Waals surface area contributed by atoms with Crippen molar-refractivity contribution >= 4 is 6.47 Å². The summed E-state index contributed by atoms with van der Waals surface area (Å²) in [5, 5.41) is 15.5. The highest BCUT2D eigenvalue weighted by molar-refractivity contribution is 5.32. The van der Waals surface area contributed by atoms with Gasteiger partial charge in [0.1, 0.15) is 6.04 Å². The number of rotatable bonds is 2. The van der Waals surface area contributed by atoms with Gasteiger partial charge in [0, 0.05) is 0 Å². The molecule has 0 radical (unpaired) electrons. The summed E-state index contributed by atoms with van der Waals surface area (Å²) in [4.78, 5) is 8.36. The first-order chi connectivity index (χ1) is 4.90. The summed E-state index contributed by atoms with van der Waals surface area (Å²) in [7, 11) is 6.21. The number of hydrogen-bond acceptors (Lipinski definition) is 2. The van der Waals surface area contributed by atoms with Crippen LogP contribution in [-0.2, 0) is 4.79 Å². The summed E-state index contributed by atoms with van der Waals surface area (Å²) in [5.41, 5.74) is 0. The molecule has 0 aliphatic carbocycles. The van der Waals surface area contributed by atoms with Crippen LogP contribution < -0.4 is 0 Å². The zero-order valence-corrected chi connectivity index (χ0v) is 7.61. The molecule has 0 bridgehead atoms. The zero-order chi connectivity index (χ0) is 9.49. The van der Waals surface area contributed by atoms with E-state index in [4.69, 9.17) is 15.0 Å². The van der Waals surface area contributed by atoms with Gasteiger partial charge in [0.15, 0.2) is 0 Å². The first-order valence-electron chi connectivity index (χ1n) is 3.40. The number of aliphatic hydroxyl groups excluding tert-OH is 1. The molecule has 2 N–H and O–H groups in total. The van der Waals surface area contributed by atoms with Crippen molar-refractivity contribution in [2.45, 2.75) is 13.0 Å². The first kappa shape index (κ1) is 13.0. The van der Waals surface area contributed by atoms with Crippen molar-refractivity contribution in [3.05, 3.63) is 0 Å². The molecule has 4 heteroatoms. The molecule has 0 saturated heterocycles. The van der Waals surface area contributed by atoms with E-state index in [0.29, 0.717) is 6.04 Å². The van der Waals surface area contributed by atoms with Crippen molar-refractivity contribution in [1.29, 1.82) is 0 Å². The molecule has 1 atom stereocenters. The van der Waals surface area contributed by atoms with Crippen LogP contribution in [0.2, 0.25) is 0 Å². The van der Waals surface area contributed by atoms with Gasteiger partial charge in [0.2, 0.25) is 0 Å². The van der Waals surface area contributed by atoms with Crippen molar-refractivity contribution in [3.63, 3.8) is 0 Å². The van der Waals surface area contributed by atoms with Crippen LogP contribution in [0.3, 0.4) is 0 Å². The third-order valence-electron chi connectivity index (χ3n) is 1.59. The molecule has 11 heavy (non-hydrogen) atoms. The van der Waals surface area contributed by atoms with Gasteiger partial charge in [-0.15, -0.1) is 0 Å². The monoisotopic (exact) mass is 164 g/mol. The first-order valence-corrected chi connectivity index (χ1v) is 3.40. The van der Waals surface area contributed by atoms with Crippen LogP contribution in [0.1, 0.15) is 6.92 Å². The van der Waals surface area contributed by atoms with E-state index >= 15 is 0 Å². The topological polar surface area (TPSA) is 57.5 Å². The molecule has 68 valence electrons. The highest BCUT2D eigenvalue weighted by Crippen LogP contribution is 1.98. The van der Waals surface area contributed by atoms with Crippen LogP contribution in [0, 0.1) is 0 Å². The largest absolute Gasteiger partial charge is 0.483 e. The number of carbonyl (C=O) groups is 1. The van der Waals surface area contributed by atoms with Gasteiger partial charge in [-0.3, -0.25) is 4.79 Å². The Bertz CT molecular complexity index is 98.3. The van der Waals surface area contributed by atoms with Crippen molar-refractivity contribution in [1.82, 2.24) is 0 Å². The van der Waals surface area contributed by atoms with Gasteiger partial charge < -0.3 is 14.7 Å². The fraction of sp³-hybridized carbons (Fsp3) is 0.857. The predicted molar refractivity (Wildman–Crippen MR) is 43.3 cm³/mol. The SMILES string of the molecule is CC(CO)[N+](C)(C)C.O=CO. The number of carboxylic acid groups (broad SMARTS) is 1. The fourth-order valence-corrected chi connectivity index (χ4v) is 0.245. The Morgan fingerprint density at radius 2 is 1.73 bits per heavy atom. The summed E-state index contributed by atoms with van der Waals surface area (Å²) < 4.78 is 0.830. The van der Waals surface area contributed by atoms with Gasteiger partial charge in [-0.25, -0.2) is 0 Å².